The Morgan fingerprint density at radius 2 is 1.80 bits per heavy atom. The molecule has 0 aromatic rings. The third kappa shape index (κ3) is 0.944. The van der Waals surface area contributed by atoms with Crippen LogP contribution in [0.1, 0.15) is 12.8 Å². The summed E-state index contributed by atoms with van der Waals surface area (Å²) in [4.78, 5) is 0. The number of nitrogens with zero attached hydrogens (tertiary/aromatic N) is 1. The highest BCUT2D eigenvalue weighted by molar-refractivity contribution is 4.94. The van der Waals surface area contributed by atoms with Crippen molar-refractivity contribution in [2.45, 2.75) is 12.8 Å². The van der Waals surface area contributed by atoms with Crippen LogP contribution in [0.3, 0.4) is 0 Å². The summed E-state index contributed by atoms with van der Waals surface area (Å²) in [6.07, 6.45) is 2.33. The summed E-state index contributed by atoms with van der Waals surface area (Å²) in [5, 5.41) is 13.8. The summed E-state index contributed by atoms with van der Waals surface area (Å²) in [6, 6.07) is 0. The Balaban J connectivity index is 1.90. The largest absolute Gasteiger partial charge is 0.316 e. The predicted molar refractivity (Wildman–Crippen MR) is 37.9 cm³/mol. The first-order chi connectivity index (χ1) is 4.81. The van der Waals surface area contributed by atoms with Crippen molar-refractivity contribution in [3.8, 4) is 0 Å². The summed E-state index contributed by atoms with van der Waals surface area (Å²) in [5.41, 5.74) is 0.569. The molecule has 0 radical (unpaired) electrons. The molecule has 2 aliphatic rings. The number of rotatable bonds is 0. The fourth-order valence-corrected chi connectivity index (χ4v) is 1.80. The van der Waals surface area contributed by atoms with E-state index in [0.717, 1.165) is 25.9 Å². The molecule has 0 amide bonds. The van der Waals surface area contributed by atoms with E-state index in [1.165, 1.54) is 18.2 Å². The van der Waals surface area contributed by atoms with Crippen molar-refractivity contribution in [1.82, 2.24) is 10.4 Å². The highest BCUT2D eigenvalue weighted by Crippen LogP contribution is 2.34. The van der Waals surface area contributed by atoms with Gasteiger partial charge in [0, 0.05) is 26.2 Å². The first-order valence-electron chi connectivity index (χ1n) is 3.95. The summed E-state index contributed by atoms with van der Waals surface area (Å²) in [6.45, 7) is 4.06. The lowest BCUT2D eigenvalue weighted by Crippen LogP contribution is -2.57. The van der Waals surface area contributed by atoms with E-state index < -0.39 is 0 Å². The van der Waals surface area contributed by atoms with Crippen LogP contribution >= 0.6 is 0 Å². The van der Waals surface area contributed by atoms with Gasteiger partial charge in [-0.2, -0.15) is 5.06 Å². The molecular formula is C7H14N2O. The quantitative estimate of drug-likeness (QED) is 0.502. The van der Waals surface area contributed by atoms with E-state index in [-0.39, 0.29) is 0 Å². The number of hydrogen-bond acceptors (Lipinski definition) is 3. The molecular weight excluding hydrogens is 128 g/mol. The second kappa shape index (κ2) is 2.19. The average Bonchev–Trinajstić information content (AvgIpc) is 1.86. The maximum atomic E-state index is 9.07. The minimum atomic E-state index is 0.569. The van der Waals surface area contributed by atoms with Gasteiger partial charge in [-0.1, -0.05) is 0 Å². The van der Waals surface area contributed by atoms with E-state index in [2.05, 4.69) is 5.32 Å². The molecule has 58 valence electrons. The molecule has 0 atom stereocenters. The fourth-order valence-electron chi connectivity index (χ4n) is 1.80. The van der Waals surface area contributed by atoms with Crippen molar-refractivity contribution in [3.05, 3.63) is 0 Å². The van der Waals surface area contributed by atoms with Gasteiger partial charge < -0.3 is 10.5 Å². The first-order valence-corrected chi connectivity index (χ1v) is 3.95. The van der Waals surface area contributed by atoms with Crippen molar-refractivity contribution in [2.24, 2.45) is 5.41 Å². The summed E-state index contributed by atoms with van der Waals surface area (Å²) >= 11 is 0. The van der Waals surface area contributed by atoms with Gasteiger partial charge in [0.2, 0.25) is 0 Å². The van der Waals surface area contributed by atoms with Gasteiger partial charge in [0.15, 0.2) is 0 Å². The highest BCUT2D eigenvalue weighted by Gasteiger charge is 2.39. The molecule has 0 aromatic carbocycles. The molecule has 2 saturated heterocycles. The lowest BCUT2D eigenvalue weighted by molar-refractivity contribution is -0.133. The monoisotopic (exact) mass is 142 g/mol. The molecule has 2 aliphatic heterocycles. The van der Waals surface area contributed by atoms with Crippen LogP contribution in [0.15, 0.2) is 0 Å². The molecule has 0 aliphatic carbocycles. The minimum Gasteiger partial charge on any atom is -0.316 e. The Labute approximate surface area is 61.0 Å². The SMILES string of the molecule is ON1CCC2(CC1)CNC2. The molecule has 2 fully saturated rings. The second-order valence-corrected chi connectivity index (χ2v) is 3.56. The number of hydrogen-bond donors (Lipinski definition) is 2. The van der Waals surface area contributed by atoms with Crippen LogP contribution in [0.4, 0.5) is 0 Å². The Morgan fingerprint density at radius 3 is 2.20 bits per heavy atom. The van der Waals surface area contributed by atoms with E-state index in [0.29, 0.717) is 5.41 Å². The molecule has 1 spiro atoms. The number of nitrogens with one attached hydrogen (secondary N) is 1. The summed E-state index contributed by atoms with van der Waals surface area (Å²) < 4.78 is 0. The highest BCUT2D eigenvalue weighted by atomic mass is 16.5. The zero-order valence-electron chi connectivity index (χ0n) is 6.14. The van der Waals surface area contributed by atoms with Gasteiger partial charge in [0.05, 0.1) is 0 Å². The predicted octanol–water partition coefficient (Wildman–Crippen LogP) is 0.0610. The summed E-state index contributed by atoms with van der Waals surface area (Å²) in [7, 11) is 0. The third-order valence-corrected chi connectivity index (χ3v) is 2.80. The van der Waals surface area contributed by atoms with Crippen LogP contribution in [-0.2, 0) is 0 Å². The van der Waals surface area contributed by atoms with Crippen LogP contribution in [-0.4, -0.2) is 36.4 Å². The Kier molecular flexibility index (Phi) is 1.44. The molecule has 0 unspecified atom stereocenters. The standard InChI is InChI=1S/C7H14N2O/c10-9-3-1-7(2-4-9)5-8-6-7/h8,10H,1-6H2. The lowest BCUT2D eigenvalue weighted by atomic mass is 9.74. The second-order valence-electron chi connectivity index (χ2n) is 3.56. The number of piperidine rings is 1. The molecule has 3 heteroatoms. The van der Waals surface area contributed by atoms with Gasteiger partial charge in [0.1, 0.15) is 0 Å². The third-order valence-electron chi connectivity index (χ3n) is 2.80. The van der Waals surface area contributed by atoms with Crippen LogP contribution in [0.25, 0.3) is 0 Å². The van der Waals surface area contributed by atoms with Crippen LogP contribution in [0.2, 0.25) is 0 Å². The van der Waals surface area contributed by atoms with Crippen LogP contribution in [0, 0.1) is 5.41 Å². The van der Waals surface area contributed by atoms with E-state index in [4.69, 9.17) is 5.21 Å². The summed E-state index contributed by atoms with van der Waals surface area (Å²) in [5.74, 6) is 0. The maximum Gasteiger partial charge on any atom is 0.0244 e. The van der Waals surface area contributed by atoms with E-state index in [1.807, 2.05) is 0 Å². The Morgan fingerprint density at radius 1 is 1.20 bits per heavy atom. The average molecular weight is 142 g/mol. The zero-order chi connectivity index (χ0) is 7.03. The van der Waals surface area contributed by atoms with E-state index in [1.54, 1.807) is 0 Å². The normalized spacial score (nSPS) is 32.1. The van der Waals surface area contributed by atoms with E-state index in [9.17, 15) is 0 Å². The molecule has 0 saturated carbocycles. The molecule has 0 bridgehead atoms. The van der Waals surface area contributed by atoms with Gasteiger partial charge in [-0.05, 0) is 18.3 Å². The topological polar surface area (TPSA) is 35.5 Å². The molecule has 3 nitrogen and oxygen atoms in total. The van der Waals surface area contributed by atoms with Crippen molar-refractivity contribution >= 4 is 0 Å². The van der Waals surface area contributed by atoms with Crippen molar-refractivity contribution in [2.75, 3.05) is 26.2 Å². The van der Waals surface area contributed by atoms with Crippen LogP contribution < -0.4 is 5.32 Å². The smallest absolute Gasteiger partial charge is 0.0244 e. The molecule has 10 heavy (non-hydrogen) atoms. The Bertz CT molecular complexity index is 124. The van der Waals surface area contributed by atoms with Gasteiger partial charge in [-0.15, -0.1) is 0 Å². The van der Waals surface area contributed by atoms with Crippen molar-refractivity contribution in [1.29, 1.82) is 0 Å². The van der Waals surface area contributed by atoms with E-state index >= 15 is 0 Å². The van der Waals surface area contributed by atoms with Crippen LogP contribution in [0.5, 0.6) is 0 Å². The lowest BCUT2D eigenvalue weighted by Gasteiger charge is -2.47. The maximum absolute atomic E-state index is 9.07. The molecule has 0 aromatic heterocycles. The zero-order valence-corrected chi connectivity index (χ0v) is 6.14. The molecule has 2 N–H and O–H groups in total. The minimum absolute atomic E-state index is 0.569. The number of hydroxylamine groups is 2. The fraction of sp³-hybridized carbons (Fsp3) is 1.00. The Hall–Kier alpha value is -0.120. The van der Waals surface area contributed by atoms with Gasteiger partial charge in [-0.25, -0.2) is 0 Å². The van der Waals surface area contributed by atoms with Gasteiger partial charge >= 0.3 is 0 Å². The van der Waals surface area contributed by atoms with Gasteiger partial charge in [-0.3, -0.25) is 0 Å². The van der Waals surface area contributed by atoms with Gasteiger partial charge in [0.25, 0.3) is 0 Å². The van der Waals surface area contributed by atoms with Crippen molar-refractivity contribution in [3.63, 3.8) is 0 Å². The molecule has 2 rings (SSSR count). The molecule has 2 heterocycles. The van der Waals surface area contributed by atoms with Crippen molar-refractivity contribution < 1.29 is 5.21 Å². The first kappa shape index (κ1) is 6.58.